The first-order valence-corrected chi connectivity index (χ1v) is 33.8. The maximum atomic E-state index is 18.0. The van der Waals surface area contributed by atoms with E-state index in [0.717, 1.165) is 48.0 Å². The Morgan fingerprint density at radius 3 is 0.602 bits per heavy atom. The van der Waals surface area contributed by atoms with E-state index >= 15 is 9.59 Å². The number of ether oxygens (including phenoxy) is 2. The van der Waals surface area contributed by atoms with Crippen LogP contribution in [0.15, 0.2) is 98.1 Å². The van der Waals surface area contributed by atoms with Crippen LogP contribution in [-0.2, 0) is 55.9 Å². The van der Waals surface area contributed by atoms with Gasteiger partial charge in [-0.25, -0.2) is 0 Å². The number of carbonyl (C=O) groups is 2. The number of hydrogen-bond donors (Lipinski definition) is 0. The molecule has 5 aliphatic carbocycles. The third-order valence-electron chi connectivity index (χ3n) is 29.8. The van der Waals surface area contributed by atoms with Gasteiger partial charge in [-0.2, -0.15) is 0 Å². The first-order valence-electron chi connectivity index (χ1n) is 33.8. The lowest BCUT2D eigenvalue weighted by molar-refractivity contribution is -0.168. The van der Waals surface area contributed by atoms with Crippen LogP contribution in [0, 0.1) is 5.41 Å². The standard InChI is InChI=1S/C89H30O4/c1-5-21(3)7-9-23-11-15-25(16-12-23)19-92-85(90)89(86(91)93-20-26-17-13-24(14-18-26)10-8-22(4)6-2)87-81-73-65-55-45-37-29-27-28-31-35-33(29)41-49-43(35)53-47-39(31)40-32(28)36-34-30(27)38(37)46-52-42(34)50-44(36)54-48(40)58-57(47)67-61(53)71-63(49)69(59(65)51(41)45)77(81)79(71)83-75(67)76-68(58)62(54)72-64(50)70-60(52)66(56(46)55)74(73)82(87)78(70)80(72)84(76)88(83,87)89/h5-6,11-18H,1-4,7-10,19-20H2. The lowest BCUT2D eigenvalue weighted by atomic mass is 9.68. The van der Waals surface area contributed by atoms with E-state index < -0.39 is 28.2 Å². The number of aryl methyl sites for hydroxylation is 2. The normalized spacial score (nSPS) is 17.8. The molecule has 0 amide bonds. The number of carbonyl (C=O) groups excluding carboxylic acids is 2. The molecular weight excluding hydrogens is 1130 g/mol. The van der Waals surface area contributed by atoms with Gasteiger partial charge in [0.25, 0.3) is 0 Å². The summed E-state index contributed by atoms with van der Waals surface area (Å²) in [4.78, 5) is 35.9. The Morgan fingerprint density at radius 2 is 0.430 bits per heavy atom. The summed E-state index contributed by atoms with van der Waals surface area (Å²) in [5, 5.41) is 78.8. The minimum Gasteiger partial charge on any atom is -0.460 e. The molecule has 35 rings (SSSR count). The highest BCUT2D eigenvalue weighted by molar-refractivity contribution is 6.82. The van der Waals surface area contributed by atoms with Gasteiger partial charge in [-0.05, 0) is 361 Å². The molecule has 1 saturated carbocycles. The molecule has 30 aromatic rings. The van der Waals surface area contributed by atoms with Crippen molar-refractivity contribution in [2.45, 2.75) is 49.7 Å². The smallest absolute Gasteiger partial charge is 0.326 e. The zero-order chi connectivity index (χ0) is 58.3. The maximum absolute atomic E-state index is 18.0. The van der Waals surface area contributed by atoms with E-state index in [2.05, 4.69) is 74.8 Å². The third-order valence-corrected chi connectivity index (χ3v) is 29.8. The van der Waals surface area contributed by atoms with Crippen LogP contribution >= 0.6 is 0 Å². The van der Waals surface area contributed by atoms with Crippen molar-refractivity contribution < 1.29 is 19.1 Å². The van der Waals surface area contributed by atoms with Gasteiger partial charge in [0, 0.05) is 0 Å². The summed E-state index contributed by atoms with van der Waals surface area (Å²) in [6.45, 7) is 16.4. The molecule has 0 unspecified atom stereocenters. The van der Waals surface area contributed by atoms with Gasteiger partial charge in [-0.15, -0.1) is 0 Å². The van der Waals surface area contributed by atoms with Crippen LogP contribution in [0.4, 0.5) is 0 Å². The number of esters is 2. The quantitative estimate of drug-likeness (QED) is 0.0471. The lowest BCUT2D eigenvalue weighted by Crippen LogP contribution is -2.38. The first-order chi connectivity index (χ1) is 45.9. The second-order valence-corrected chi connectivity index (χ2v) is 31.5. The van der Waals surface area contributed by atoms with Crippen molar-refractivity contribution in [3.63, 3.8) is 0 Å². The summed E-state index contributed by atoms with van der Waals surface area (Å²) in [7, 11) is 0. The van der Waals surface area contributed by atoms with E-state index in [4.69, 9.17) is 9.47 Å². The molecule has 5 aliphatic rings. The Hall–Kier alpha value is -11.2. The van der Waals surface area contributed by atoms with Crippen LogP contribution < -0.4 is 0 Å². The fourth-order valence-corrected chi connectivity index (χ4v) is 28.2. The number of benzene rings is 20. The SMILES string of the molecule is C=CC(=C)CCc1ccc(COC(=O)C2(C(=O)OCc3ccc(CCC(=C)C=C)cc3)C34c5c6c7c8c9c%10c(c%11c%12c3c3c5c5c%13c6c6c7c7c9c9c%14c%10c%10c%11c%11c%12c%12c3c3c5c5c%13c%13c6c6c7c9c7c9c%14c%10c%10c%11c%11c%12c3c3c5c5c%13c6c7c6c9c%10c%11c3c56)C824)cc1. The molecule has 0 bridgehead atoms. The fraction of sp³-hybridized carbons (Fsp3) is 0.101. The molecule has 0 radical (unpaired) electrons. The minimum absolute atomic E-state index is 0.0261. The Balaban J connectivity index is 0.822. The average molecular weight is 1160 g/mol. The van der Waals surface area contributed by atoms with E-state index in [1.807, 2.05) is 12.2 Å². The molecule has 4 nitrogen and oxygen atoms in total. The Kier molecular flexibility index (Phi) is 4.52. The second-order valence-electron chi connectivity index (χ2n) is 31.5. The van der Waals surface area contributed by atoms with Crippen molar-refractivity contribution in [3.05, 3.63) is 143 Å². The van der Waals surface area contributed by atoms with Gasteiger partial charge in [0.2, 0.25) is 0 Å². The molecule has 0 heterocycles. The number of rotatable bonds is 14. The molecule has 93 heavy (non-hydrogen) atoms. The summed E-state index contributed by atoms with van der Waals surface area (Å²) >= 11 is 0. The molecule has 30 aromatic carbocycles. The summed E-state index contributed by atoms with van der Waals surface area (Å²) in [6, 6.07) is 17.1. The van der Waals surface area contributed by atoms with Gasteiger partial charge in [0.05, 0.1) is 10.8 Å². The van der Waals surface area contributed by atoms with Crippen molar-refractivity contribution in [2.75, 3.05) is 0 Å². The van der Waals surface area contributed by atoms with Crippen LogP contribution in [0.1, 0.15) is 57.3 Å². The number of hydrogen-bond acceptors (Lipinski definition) is 4. The van der Waals surface area contributed by atoms with E-state index in [1.165, 1.54) is 270 Å². The average Bonchev–Trinajstić information content (AvgIpc) is 1.36. The van der Waals surface area contributed by atoms with Crippen molar-refractivity contribution >= 4 is 303 Å². The van der Waals surface area contributed by atoms with Crippen molar-refractivity contribution in [2.24, 2.45) is 5.41 Å². The fourth-order valence-electron chi connectivity index (χ4n) is 28.2. The highest BCUT2D eigenvalue weighted by Crippen LogP contribution is 2.96. The second kappa shape index (κ2) is 10.4. The van der Waals surface area contributed by atoms with Crippen LogP contribution in [0.5, 0.6) is 0 Å². The molecule has 0 N–H and O–H groups in total. The summed E-state index contributed by atoms with van der Waals surface area (Å²) < 4.78 is 14.6. The van der Waals surface area contributed by atoms with Crippen molar-refractivity contribution in [3.8, 4) is 0 Å². The van der Waals surface area contributed by atoms with Crippen molar-refractivity contribution in [1.82, 2.24) is 0 Å². The van der Waals surface area contributed by atoms with Crippen LogP contribution in [0.25, 0.3) is 291 Å². The Bertz CT molecular complexity index is 7930. The molecule has 0 atom stereocenters. The van der Waals surface area contributed by atoms with Gasteiger partial charge in [0.1, 0.15) is 13.2 Å². The molecule has 0 aromatic heterocycles. The zero-order valence-electron chi connectivity index (χ0n) is 49.0. The molecule has 0 aliphatic heterocycles. The number of allylic oxidation sites excluding steroid dienone is 4. The van der Waals surface area contributed by atoms with Gasteiger partial charge < -0.3 is 9.47 Å². The molecule has 2 spiro atoms. The van der Waals surface area contributed by atoms with Crippen LogP contribution in [-0.4, -0.2) is 11.9 Å². The van der Waals surface area contributed by atoms with Gasteiger partial charge in [-0.1, -0.05) is 98.1 Å². The van der Waals surface area contributed by atoms with Crippen LogP contribution in [0.2, 0.25) is 0 Å². The highest BCUT2D eigenvalue weighted by atomic mass is 16.6. The summed E-state index contributed by atoms with van der Waals surface area (Å²) in [5.74, 6) is -0.904. The maximum Gasteiger partial charge on any atom is 0.326 e. The van der Waals surface area contributed by atoms with E-state index in [1.54, 1.807) is 53.9 Å². The molecule has 0 saturated heterocycles. The summed E-state index contributed by atoms with van der Waals surface area (Å²) in [6.07, 6.45) is 7.00. The van der Waals surface area contributed by atoms with Gasteiger partial charge in [0.15, 0.2) is 5.41 Å². The monoisotopic (exact) mass is 1160 g/mol. The minimum atomic E-state index is -1.86. The summed E-state index contributed by atoms with van der Waals surface area (Å²) in [5.41, 5.74) is 6.88. The predicted molar refractivity (Wildman–Crippen MR) is 384 cm³/mol. The Labute approximate surface area is 516 Å². The molecule has 1 fully saturated rings. The van der Waals surface area contributed by atoms with Crippen molar-refractivity contribution in [1.29, 1.82) is 0 Å². The first kappa shape index (κ1) is 40.5. The van der Waals surface area contributed by atoms with Gasteiger partial charge >= 0.3 is 11.9 Å². The highest BCUT2D eigenvalue weighted by Gasteiger charge is 3.01. The molecule has 410 valence electrons. The molecular formula is C89H30O4. The largest absolute Gasteiger partial charge is 0.460 e. The van der Waals surface area contributed by atoms with E-state index in [9.17, 15) is 0 Å². The zero-order valence-corrected chi connectivity index (χ0v) is 49.0. The molecule has 4 heteroatoms. The predicted octanol–water partition coefficient (Wildman–Crippen LogP) is 22.1. The topological polar surface area (TPSA) is 52.6 Å². The van der Waals surface area contributed by atoms with E-state index in [-0.39, 0.29) is 13.2 Å². The van der Waals surface area contributed by atoms with E-state index in [0.29, 0.717) is 0 Å². The Morgan fingerprint density at radius 1 is 0.269 bits per heavy atom. The van der Waals surface area contributed by atoms with Crippen LogP contribution in [0.3, 0.4) is 0 Å². The third kappa shape index (κ3) is 2.67. The van der Waals surface area contributed by atoms with Gasteiger partial charge in [-0.3, -0.25) is 9.59 Å². The lowest BCUT2D eigenvalue weighted by Gasteiger charge is -2.32.